The second-order valence-electron chi connectivity index (χ2n) is 7.45. The summed E-state index contributed by atoms with van der Waals surface area (Å²) in [6.07, 6.45) is 2.72. The summed E-state index contributed by atoms with van der Waals surface area (Å²) in [6, 6.07) is 1.68. The number of hydrogen-bond donors (Lipinski definition) is 1. The summed E-state index contributed by atoms with van der Waals surface area (Å²) in [5, 5.41) is 7.34. The first-order chi connectivity index (χ1) is 10.7. The van der Waals surface area contributed by atoms with Crippen LogP contribution in [0.15, 0.2) is 6.07 Å². The van der Waals surface area contributed by atoms with Crippen molar-refractivity contribution in [2.75, 3.05) is 13.6 Å². The van der Waals surface area contributed by atoms with E-state index in [2.05, 4.69) is 31.0 Å². The molecule has 6 heteroatoms. The highest BCUT2D eigenvalue weighted by molar-refractivity contribution is 5.87. The van der Waals surface area contributed by atoms with Crippen molar-refractivity contribution in [3.63, 3.8) is 0 Å². The number of likely N-dealkylation sites (tertiary alicyclic amines) is 1. The lowest BCUT2D eigenvalue weighted by Crippen LogP contribution is -2.51. The molecule has 2 heterocycles. The highest BCUT2D eigenvalue weighted by Gasteiger charge is 2.32. The summed E-state index contributed by atoms with van der Waals surface area (Å²) in [5.74, 6) is -0.0141. The van der Waals surface area contributed by atoms with Gasteiger partial charge in [-0.1, -0.05) is 20.8 Å². The van der Waals surface area contributed by atoms with E-state index >= 15 is 0 Å². The van der Waals surface area contributed by atoms with E-state index in [1.165, 1.54) is 6.92 Å². The molecule has 1 aliphatic heterocycles. The summed E-state index contributed by atoms with van der Waals surface area (Å²) in [6.45, 7) is 9.01. The van der Waals surface area contributed by atoms with Crippen LogP contribution in [-0.4, -0.2) is 51.4 Å². The molecule has 1 saturated heterocycles. The normalized spacial score (nSPS) is 18.8. The Morgan fingerprint density at radius 2 is 2.09 bits per heavy atom. The SMILES string of the molecule is CC(=O)N1CCCC[C@@H]1C(=O)N(C)Cc1cc(C(C)(C)C)n[nH]1. The molecule has 0 aromatic carbocycles. The molecule has 1 N–H and O–H groups in total. The number of aromatic amines is 1. The lowest BCUT2D eigenvalue weighted by atomic mass is 9.92. The van der Waals surface area contributed by atoms with Gasteiger partial charge >= 0.3 is 0 Å². The summed E-state index contributed by atoms with van der Waals surface area (Å²) in [7, 11) is 1.78. The molecule has 0 radical (unpaired) electrons. The van der Waals surface area contributed by atoms with Gasteiger partial charge in [0, 0.05) is 25.9 Å². The van der Waals surface area contributed by atoms with Crippen LogP contribution in [0.1, 0.15) is 58.3 Å². The van der Waals surface area contributed by atoms with Gasteiger partial charge in [0.2, 0.25) is 11.8 Å². The Bertz CT molecular complexity index is 573. The number of hydrogen-bond acceptors (Lipinski definition) is 3. The Morgan fingerprint density at radius 1 is 1.39 bits per heavy atom. The van der Waals surface area contributed by atoms with Crippen LogP contribution >= 0.6 is 0 Å². The first-order valence-corrected chi connectivity index (χ1v) is 8.27. The molecule has 2 amide bonds. The van der Waals surface area contributed by atoms with Crippen LogP contribution in [0.3, 0.4) is 0 Å². The molecule has 1 aromatic heterocycles. The maximum atomic E-state index is 12.7. The van der Waals surface area contributed by atoms with Crippen molar-refractivity contribution < 1.29 is 9.59 Å². The average molecular weight is 320 g/mol. The Kier molecular flexibility index (Phi) is 5.12. The van der Waals surface area contributed by atoms with Crippen LogP contribution in [0, 0.1) is 0 Å². The lowest BCUT2D eigenvalue weighted by molar-refractivity contribution is -0.146. The fourth-order valence-corrected chi connectivity index (χ4v) is 2.98. The third kappa shape index (κ3) is 4.12. The Labute approximate surface area is 138 Å². The van der Waals surface area contributed by atoms with Crippen molar-refractivity contribution in [3.05, 3.63) is 17.5 Å². The van der Waals surface area contributed by atoms with Crippen LogP contribution in [0.25, 0.3) is 0 Å². The summed E-state index contributed by atoms with van der Waals surface area (Å²) >= 11 is 0. The van der Waals surface area contributed by atoms with Gasteiger partial charge in [-0.2, -0.15) is 5.10 Å². The van der Waals surface area contributed by atoms with Gasteiger partial charge in [0.25, 0.3) is 0 Å². The van der Waals surface area contributed by atoms with Crippen molar-refractivity contribution in [1.29, 1.82) is 0 Å². The molecule has 6 nitrogen and oxygen atoms in total. The number of aromatic nitrogens is 2. The number of piperidine rings is 1. The van der Waals surface area contributed by atoms with E-state index in [9.17, 15) is 9.59 Å². The number of nitrogens with one attached hydrogen (secondary N) is 1. The van der Waals surface area contributed by atoms with E-state index in [0.29, 0.717) is 13.1 Å². The van der Waals surface area contributed by atoms with E-state index in [4.69, 9.17) is 0 Å². The highest BCUT2D eigenvalue weighted by atomic mass is 16.2. The molecule has 0 aliphatic carbocycles. The molecule has 1 atom stereocenters. The predicted octanol–water partition coefficient (Wildman–Crippen LogP) is 2.07. The third-order valence-electron chi connectivity index (χ3n) is 4.38. The summed E-state index contributed by atoms with van der Waals surface area (Å²) in [4.78, 5) is 27.9. The molecule has 1 aliphatic rings. The molecule has 0 spiro atoms. The third-order valence-corrected chi connectivity index (χ3v) is 4.38. The monoisotopic (exact) mass is 320 g/mol. The second-order valence-corrected chi connectivity index (χ2v) is 7.45. The van der Waals surface area contributed by atoms with Crippen LogP contribution in [0.5, 0.6) is 0 Å². The largest absolute Gasteiger partial charge is 0.338 e. The van der Waals surface area contributed by atoms with Crippen molar-refractivity contribution >= 4 is 11.8 Å². The number of carbonyl (C=O) groups is 2. The fraction of sp³-hybridized carbons (Fsp3) is 0.706. The van der Waals surface area contributed by atoms with E-state index in [-0.39, 0.29) is 23.3 Å². The lowest BCUT2D eigenvalue weighted by Gasteiger charge is -2.36. The van der Waals surface area contributed by atoms with E-state index in [1.54, 1.807) is 16.8 Å². The fourth-order valence-electron chi connectivity index (χ4n) is 2.98. The van der Waals surface area contributed by atoms with Crippen molar-refractivity contribution in [2.24, 2.45) is 0 Å². The average Bonchev–Trinajstić information content (AvgIpc) is 2.95. The zero-order valence-electron chi connectivity index (χ0n) is 14.8. The molecular formula is C17H28N4O2. The van der Waals surface area contributed by atoms with Gasteiger partial charge in [-0.25, -0.2) is 0 Å². The Hall–Kier alpha value is -1.85. The summed E-state index contributed by atoms with van der Waals surface area (Å²) in [5.41, 5.74) is 1.87. The minimum atomic E-state index is -0.323. The highest BCUT2D eigenvalue weighted by Crippen LogP contribution is 2.22. The van der Waals surface area contributed by atoms with Crippen molar-refractivity contribution in [3.8, 4) is 0 Å². The molecule has 128 valence electrons. The van der Waals surface area contributed by atoms with Crippen LogP contribution < -0.4 is 0 Å². The standard InChI is InChI=1S/C17H28N4O2/c1-12(22)21-9-7-6-8-14(21)16(23)20(5)11-13-10-15(19-18-13)17(2,3)4/h10,14H,6-9,11H2,1-5H3,(H,18,19)/t14-/m1/s1. The maximum Gasteiger partial charge on any atom is 0.245 e. The molecule has 0 unspecified atom stereocenters. The van der Waals surface area contributed by atoms with Crippen molar-refractivity contribution in [2.45, 2.75) is 65.0 Å². The second kappa shape index (κ2) is 6.72. The quantitative estimate of drug-likeness (QED) is 0.927. The topological polar surface area (TPSA) is 69.3 Å². The number of amides is 2. The molecule has 1 aromatic rings. The van der Waals surface area contributed by atoms with Crippen molar-refractivity contribution in [1.82, 2.24) is 20.0 Å². The zero-order valence-corrected chi connectivity index (χ0v) is 14.8. The van der Waals surface area contributed by atoms with E-state index < -0.39 is 0 Å². The van der Waals surface area contributed by atoms with Crippen LogP contribution in [0.4, 0.5) is 0 Å². The first kappa shape index (κ1) is 17.5. The maximum absolute atomic E-state index is 12.7. The minimum Gasteiger partial charge on any atom is -0.338 e. The first-order valence-electron chi connectivity index (χ1n) is 8.27. The molecule has 0 bridgehead atoms. The smallest absolute Gasteiger partial charge is 0.245 e. The summed E-state index contributed by atoms with van der Waals surface area (Å²) < 4.78 is 0. The van der Waals surface area contributed by atoms with Crippen LogP contribution in [-0.2, 0) is 21.5 Å². The Balaban J connectivity index is 2.04. The van der Waals surface area contributed by atoms with E-state index in [1.807, 2.05) is 6.07 Å². The number of H-pyrrole nitrogens is 1. The van der Waals surface area contributed by atoms with Gasteiger partial charge in [0.15, 0.2) is 0 Å². The number of carbonyl (C=O) groups excluding carboxylic acids is 2. The molecular weight excluding hydrogens is 292 g/mol. The zero-order chi connectivity index (χ0) is 17.2. The Morgan fingerprint density at radius 3 is 2.65 bits per heavy atom. The molecule has 2 rings (SSSR count). The number of nitrogens with zero attached hydrogens (tertiary/aromatic N) is 3. The number of likely N-dealkylation sites (N-methyl/N-ethyl adjacent to an activating group) is 1. The molecule has 1 fully saturated rings. The van der Waals surface area contributed by atoms with E-state index in [0.717, 1.165) is 30.7 Å². The molecule has 0 saturated carbocycles. The van der Waals surface area contributed by atoms with Gasteiger partial charge in [-0.3, -0.25) is 14.7 Å². The van der Waals surface area contributed by atoms with Gasteiger partial charge in [0.05, 0.1) is 17.9 Å². The predicted molar refractivity (Wildman–Crippen MR) is 88.8 cm³/mol. The van der Waals surface area contributed by atoms with Gasteiger partial charge in [-0.05, 0) is 25.3 Å². The van der Waals surface area contributed by atoms with Gasteiger partial charge in [0.1, 0.15) is 6.04 Å². The number of rotatable bonds is 3. The molecule has 23 heavy (non-hydrogen) atoms. The van der Waals surface area contributed by atoms with Gasteiger partial charge < -0.3 is 9.80 Å². The van der Waals surface area contributed by atoms with Gasteiger partial charge in [-0.15, -0.1) is 0 Å². The minimum absolute atomic E-state index is 0.00630. The van der Waals surface area contributed by atoms with Crippen LogP contribution in [0.2, 0.25) is 0 Å².